The maximum Gasteiger partial charge on any atom is 0.485 e. The van der Waals surface area contributed by atoms with E-state index in [2.05, 4.69) is 0 Å². The van der Waals surface area contributed by atoms with Gasteiger partial charge in [-0.15, -0.1) is 4.68 Å². The Morgan fingerprint density at radius 2 is 2.00 bits per heavy atom. The van der Waals surface area contributed by atoms with E-state index < -0.39 is 11.1 Å². The molecule has 0 spiro atoms. The summed E-state index contributed by atoms with van der Waals surface area (Å²) in [6.45, 7) is 0. The SMILES string of the molecule is O=C(O)N(n1cccc1)[N+](=O)[O-]. The third kappa shape index (κ3) is 1.34. The van der Waals surface area contributed by atoms with Crippen molar-refractivity contribution in [3.8, 4) is 0 Å². The lowest BCUT2D eigenvalue weighted by atomic mass is 10.7. The highest BCUT2D eigenvalue weighted by Gasteiger charge is 2.23. The average Bonchev–Trinajstić information content (AvgIpc) is 2.37. The van der Waals surface area contributed by atoms with E-state index in [0.29, 0.717) is 0 Å². The van der Waals surface area contributed by atoms with Gasteiger partial charge in [-0.1, -0.05) is 0 Å². The Labute approximate surface area is 66.5 Å². The first-order chi connectivity index (χ1) is 5.63. The zero-order chi connectivity index (χ0) is 9.14. The summed E-state index contributed by atoms with van der Waals surface area (Å²) in [4.78, 5) is 20.5. The normalized spacial score (nSPS) is 9.33. The highest BCUT2D eigenvalue weighted by Crippen LogP contribution is 1.94. The average molecular weight is 171 g/mol. The number of aromatic nitrogens is 1. The van der Waals surface area contributed by atoms with Gasteiger partial charge in [-0.25, -0.2) is 4.79 Å². The van der Waals surface area contributed by atoms with Crippen molar-refractivity contribution in [3.63, 3.8) is 0 Å². The fraction of sp³-hybridized carbons (Fsp3) is 0. The quantitative estimate of drug-likeness (QED) is 0.511. The molecule has 1 amide bonds. The molecule has 12 heavy (non-hydrogen) atoms. The summed E-state index contributed by atoms with van der Waals surface area (Å²) in [7, 11) is 0. The van der Waals surface area contributed by atoms with Crippen molar-refractivity contribution in [1.82, 2.24) is 4.68 Å². The van der Waals surface area contributed by atoms with Gasteiger partial charge in [0, 0.05) is 0 Å². The van der Waals surface area contributed by atoms with Crippen molar-refractivity contribution >= 4 is 6.09 Å². The van der Waals surface area contributed by atoms with Crippen LogP contribution in [0.4, 0.5) is 4.79 Å². The molecule has 1 heterocycles. The first-order valence-corrected chi connectivity index (χ1v) is 2.93. The van der Waals surface area contributed by atoms with E-state index in [-0.39, 0.29) is 5.12 Å². The summed E-state index contributed by atoms with van der Waals surface area (Å²) in [6, 6.07) is 2.97. The second-order valence-electron chi connectivity index (χ2n) is 1.87. The Balaban J connectivity index is 2.96. The Morgan fingerprint density at radius 3 is 2.33 bits per heavy atom. The summed E-state index contributed by atoms with van der Waals surface area (Å²) in [6.07, 6.45) is 0.879. The maximum absolute atomic E-state index is 10.3. The number of hydrogen-bond acceptors (Lipinski definition) is 3. The van der Waals surface area contributed by atoms with Gasteiger partial charge in [0.2, 0.25) is 0 Å². The summed E-state index contributed by atoms with van der Waals surface area (Å²) in [5.41, 5.74) is 0. The minimum atomic E-state index is -1.64. The summed E-state index contributed by atoms with van der Waals surface area (Å²) >= 11 is 0. The molecule has 64 valence electrons. The zero-order valence-electron chi connectivity index (χ0n) is 5.82. The molecule has 0 radical (unpaired) electrons. The topological polar surface area (TPSA) is 88.6 Å². The van der Waals surface area contributed by atoms with E-state index in [0.717, 1.165) is 4.68 Å². The van der Waals surface area contributed by atoms with Gasteiger partial charge >= 0.3 is 6.09 Å². The van der Waals surface area contributed by atoms with Gasteiger partial charge in [0.25, 0.3) is 0 Å². The third-order valence-electron chi connectivity index (χ3n) is 1.13. The summed E-state index contributed by atoms with van der Waals surface area (Å²) in [5, 5.41) is 17.5. The van der Waals surface area contributed by atoms with Gasteiger partial charge in [-0.05, 0) is 12.1 Å². The number of amides is 1. The number of nitrogens with zero attached hydrogens (tertiary/aromatic N) is 3. The molecule has 0 saturated carbocycles. The lowest BCUT2D eigenvalue weighted by molar-refractivity contribution is -0.503. The van der Waals surface area contributed by atoms with Crippen LogP contribution in [0, 0.1) is 10.1 Å². The second kappa shape index (κ2) is 2.91. The number of rotatable bonds is 2. The molecule has 0 aliphatic rings. The van der Waals surface area contributed by atoms with E-state index in [4.69, 9.17) is 5.11 Å². The standard InChI is InChI=1S/C5H5N3O4/c9-5(10)7(8(11)12)6-3-1-2-4-6/h1-4H,(H,9,10). The first kappa shape index (κ1) is 8.05. The van der Waals surface area contributed by atoms with Gasteiger partial charge < -0.3 is 15.2 Å². The van der Waals surface area contributed by atoms with Crippen molar-refractivity contribution in [3.05, 3.63) is 34.6 Å². The van der Waals surface area contributed by atoms with Crippen LogP contribution in [-0.4, -0.2) is 20.9 Å². The predicted molar refractivity (Wildman–Crippen MR) is 37.7 cm³/mol. The van der Waals surface area contributed by atoms with Gasteiger partial charge in [-0.3, -0.25) is 0 Å². The Hall–Kier alpha value is -2.05. The van der Waals surface area contributed by atoms with Crippen LogP contribution in [0.15, 0.2) is 24.5 Å². The largest absolute Gasteiger partial charge is 0.485 e. The first-order valence-electron chi connectivity index (χ1n) is 2.93. The molecule has 1 rings (SSSR count). The monoisotopic (exact) mass is 171 g/mol. The Bertz CT molecular complexity index is 280. The fourth-order valence-electron chi connectivity index (χ4n) is 0.705. The molecule has 1 aromatic rings. The van der Waals surface area contributed by atoms with Crippen LogP contribution in [0.2, 0.25) is 0 Å². The molecule has 0 aliphatic carbocycles. The van der Waals surface area contributed by atoms with Gasteiger partial charge in [0.05, 0.1) is 10.2 Å². The molecule has 1 aromatic heterocycles. The van der Waals surface area contributed by atoms with Crippen LogP contribution >= 0.6 is 0 Å². The van der Waals surface area contributed by atoms with Crippen molar-refractivity contribution < 1.29 is 14.9 Å². The molecular weight excluding hydrogens is 166 g/mol. The van der Waals surface area contributed by atoms with Crippen molar-refractivity contribution in [1.29, 1.82) is 0 Å². The molecule has 0 bridgehead atoms. The van der Waals surface area contributed by atoms with Crippen molar-refractivity contribution in [2.45, 2.75) is 0 Å². The van der Waals surface area contributed by atoms with Crippen molar-refractivity contribution in [2.24, 2.45) is 0 Å². The highest BCUT2D eigenvalue weighted by atomic mass is 16.7. The van der Waals surface area contributed by atoms with Crippen molar-refractivity contribution in [2.75, 3.05) is 5.12 Å². The van der Waals surface area contributed by atoms with E-state index in [1.807, 2.05) is 0 Å². The molecule has 7 nitrogen and oxygen atoms in total. The smallest absolute Gasteiger partial charge is 0.460 e. The fourth-order valence-corrected chi connectivity index (χ4v) is 0.705. The van der Waals surface area contributed by atoms with Gasteiger partial charge in [0.15, 0.2) is 0 Å². The lowest BCUT2D eigenvalue weighted by Gasteiger charge is -2.08. The Kier molecular flexibility index (Phi) is 1.95. The Morgan fingerprint density at radius 1 is 1.50 bits per heavy atom. The van der Waals surface area contributed by atoms with E-state index in [1.165, 1.54) is 24.5 Å². The van der Waals surface area contributed by atoms with E-state index in [9.17, 15) is 14.9 Å². The van der Waals surface area contributed by atoms with Crippen LogP contribution in [0.3, 0.4) is 0 Å². The minimum absolute atomic E-state index is 0.0278. The maximum atomic E-state index is 10.3. The molecule has 0 aromatic carbocycles. The molecular formula is C5H5N3O4. The third-order valence-corrected chi connectivity index (χ3v) is 1.13. The highest BCUT2D eigenvalue weighted by molar-refractivity contribution is 5.73. The van der Waals surface area contributed by atoms with E-state index in [1.54, 1.807) is 0 Å². The minimum Gasteiger partial charge on any atom is -0.460 e. The number of carboxylic acid groups (broad SMARTS) is 1. The molecule has 0 fully saturated rings. The zero-order valence-corrected chi connectivity index (χ0v) is 5.82. The van der Waals surface area contributed by atoms with Crippen LogP contribution in [0.1, 0.15) is 0 Å². The van der Waals surface area contributed by atoms with Crippen LogP contribution in [-0.2, 0) is 0 Å². The number of hydrazine groups is 1. The van der Waals surface area contributed by atoms with Crippen LogP contribution in [0.5, 0.6) is 0 Å². The second-order valence-corrected chi connectivity index (χ2v) is 1.87. The van der Waals surface area contributed by atoms with E-state index >= 15 is 0 Å². The number of carbonyl (C=O) groups is 1. The molecule has 0 aliphatic heterocycles. The lowest BCUT2D eigenvalue weighted by Crippen LogP contribution is -2.43. The van der Waals surface area contributed by atoms with Gasteiger partial charge in [0.1, 0.15) is 12.4 Å². The molecule has 0 unspecified atom stereocenters. The predicted octanol–water partition coefficient (Wildman–Crippen LogP) is 0.296. The molecule has 0 saturated heterocycles. The van der Waals surface area contributed by atoms with Crippen LogP contribution < -0.4 is 5.12 Å². The number of hydrogen-bond donors (Lipinski definition) is 1. The molecule has 7 heteroatoms. The van der Waals surface area contributed by atoms with Crippen LogP contribution in [0.25, 0.3) is 0 Å². The summed E-state index contributed by atoms with van der Waals surface area (Å²) in [5.74, 6) is 0. The summed E-state index contributed by atoms with van der Waals surface area (Å²) < 4.78 is 0.850. The molecule has 1 N–H and O–H groups in total. The van der Waals surface area contributed by atoms with Gasteiger partial charge in [-0.2, -0.15) is 0 Å². The molecule has 0 atom stereocenters. The number of nitro groups is 1.